The van der Waals surface area contributed by atoms with E-state index in [1.165, 1.54) is 12.1 Å². The van der Waals surface area contributed by atoms with Crippen LogP contribution in [-0.2, 0) is 19.3 Å². The molecular formula is C13H14F3N3. The van der Waals surface area contributed by atoms with E-state index in [1.54, 1.807) is 6.20 Å². The Labute approximate surface area is 109 Å². The second-order valence-corrected chi connectivity index (χ2v) is 4.20. The lowest BCUT2D eigenvalue weighted by Crippen LogP contribution is -2.12. The van der Waals surface area contributed by atoms with Gasteiger partial charge in [0.05, 0.1) is 12.1 Å². The summed E-state index contributed by atoms with van der Waals surface area (Å²) >= 11 is 0. The van der Waals surface area contributed by atoms with Gasteiger partial charge < -0.3 is 9.88 Å². The van der Waals surface area contributed by atoms with Crippen molar-refractivity contribution in [1.29, 1.82) is 0 Å². The van der Waals surface area contributed by atoms with Crippen molar-refractivity contribution in [1.82, 2.24) is 14.9 Å². The molecule has 0 aliphatic heterocycles. The first-order chi connectivity index (χ1) is 9.00. The van der Waals surface area contributed by atoms with Gasteiger partial charge in [0.2, 0.25) is 0 Å². The van der Waals surface area contributed by atoms with Crippen molar-refractivity contribution in [3.8, 4) is 0 Å². The summed E-state index contributed by atoms with van der Waals surface area (Å²) < 4.78 is 39.2. The average molecular weight is 269 g/mol. The summed E-state index contributed by atoms with van der Waals surface area (Å²) in [5.41, 5.74) is 0.181. The predicted molar refractivity (Wildman–Crippen MR) is 65.5 cm³/mol. The fourth-order valence-corrected chi connectivity index (χ4v) is 1.81. The molecule has 1 aromatic carbocycles. The normalized spacial score (nSPS) is 11.8. The molecule has 0 spiro atoms. The molecule has 1 aromatic heterocycles. The van der Waals surface area contributed by atoms with Crippen LogP contribution < -0.4 is 5.32 Å². The highest BCUT2D eigenvalue weighted by molar-refractivity contribution is 5.25. The zero-order valence-corrected chi connectivity index (χ0v) is 10.4. The number of alkyl halides is 3. The topological polar surface area (TPSA) is 29.9 Å². The van der Waals surface area contributed by atoms with Gasteiger partial charge in [0.1, 0.15) is 5.82 Å². The van der Waals surface area contributed by atoms with Crippen molar-refractivity contribution < 1.29 is 13.2 Å². The Morgan fingerprint density at radius 1 is 1.21 bits per heavy atom. The molecule has 0 bridgehead atoms. The molecule has 1 heterocycles. The lowest BCUT2D eigenvalue weighted by molar-refractivity contribution is -0.137. The van der Waals surface area contributed by atoms with E-state index in [0.717, 1.165) is 23.5 Å². The van der Waals surface area contributed by atoms with Crippen LogP contribution in [0.15, 0.2) is 36.7 Å². The minimum atomic E-state index is -4.29. The third kappa shape index (κ3) is 3.35. The van der Waals surface area contributed by atoms with Gasteiger partial charge in [-0.15, -0.1) is 0 Å². The van der Waals surface area contributed by atoms with Crippen LogP contribution >= 0.6 is 0 Å². The van der Waals surface area contributed by atoms with Gasteiger partial charge in [0.25, 0.3) is 0 Å². The average Bonchev–Trinajstić information content (AvgIpc) is 2.77. The number of hydrogen-bond donors (Lipinski definition) is 1. The Bertz CT molecular complexity index is 529. The third-order valence-corrected chi connectivity index (χ3v) is 2.77. The van der Waals surface area contributed by atoms with E-state index in [1.807, 2.05) is 17.8 Å². The molecule has 0 aliphatic carbocycles. The number of halogens is 3. The van der Waals surface area contributed by atoms with Crippen LogP contribution in [0.5, 0.6) is 0 Å². The van der Waals surface area contributed by atoms with E-state index in [0.29, 0.717) is 13.1 Å². The number of aromatic nitrogens is 2. The molecule has 2 aromatic rings. The van der Waals surface area contributed by atoms with Crippen molar-refractivity contribution in [3.63, 3.8) is 0 Å². The zero-order valence-electron chi connectivity index (χ0n) is 10.4. The first-order valence-electron chi connectivity index (χ1n) is 5.81. The lowest BCUT2D eigenvalue weighted by atomic mass is 10.1. The van der Waals surface area contributed by atoms with Gasteiger partial charge in [-0.1, -0.05) is 12.1 Å². The number of rotatable bonds is 4. The molecular weight excluding hydrogens is 255 g/mol. The van der Waals surface area contributed by atoms with Crippen molar-refractivity contribution in [2.45, 2.75) is 19.3 Å². The molecule has 19 heavy (non-hydrogen) atoms. The van der Waals surface area contributed by atoms with E-state index in [-0.39, 0.29) is 0 Å². The number of nitrogens with one attached hydrogen (secondary N) is 1. The molecule has 1 N–H and O–H groups in total. The Balaban J connectivity index is 2.13. The molecule has 0 atom stereocenters. The Morgan fingerprint density at radius 2 is 1.89 bits per heavy atom. The van der Waals surface area contributed by atoms with E-state index in [2.05, 4.69) is 10.3 Å². The van der Waals surface area contributed by atoms with Gasteiger partial charge in [-0.05, 0) is 24.7 Å². The standard InChI is InChI=1S/C13H14F3N3/c1-17-8-12-18-6-7-19(12)9-10-2-4-11(5-3-10)13(14,15)16/h2-7,17H,8-9H2,1H3. The summed E-state index contributed by atoms with van der Waals surface area (Å²) in [5, 5.41) is 2.99. The summed E-state index contributed by atoms with van der Waals surface area (Å²) in [6.07, 6.45) is -0.800. The molecule has 102 valence electrons. The van der Waals surface area contributed by atoms with E-state index in [9.17, 15) is 13.2 Å². The number of benzene rings is 1. The Morgan fingerprint density at radius 3 is 2.47 bits per heavy atom. The first kappa shape index (κ1) is 13.6. The second kappa shape index (κ2) is 5.44. The van der Waals surface area contributed by atoms with Crippen LogP contribution in [0.1, 0.15) is 17.0 Å². The smallest absolute Gasteiger partial charge is 0.329 e. The van der Waals surface area contributed by atoms with Crippen molar-refractivity contribution >= 4 is 0 Å². The number of hydrogen-bond acceptors (Lipinski definition) is 2. The Hall–Kier alpha value is -1.82. The van der Waals surface area contributed by atoms with E-state index < -0.39 is 11.7 Å². The molecule has 0 saturated carbocycles. The summed E-state index contributed by atoms with van der Waals surface area (Å²) in [4.78, 5) is 4.18. The molecule has 6 heteroatoms. The predicted octanol–water partition coefficient (Wildman–Crippen LogP) is 2.67. The maximum atomic E-state index is 12.4. The van der Waals surface area contributed by atoms with Crippen LogP contribution in [-0.4, -0.2) is 16.6 Å². The minimum absolute atomic E-state index is 0.509. The van der Waals surface area contributed by atoms with Crippen LogP contribution in [0.3, 0.4) is 0 Å². The maximum Gasteiger partial charge on any atom is 0.416 e. The number of nitrogens with zero attached hydrogens (tertiary/aromatic N) is 2. The van der Waals surface area contributed by atoms with Gasteiger partial charge in [-0.3, -0.25) is 0 Å². The highest BCUT2D eigenvalue weighted by Gasteiger charge is 2.29. The third-order valence-electron chi connectivity index (χ3n) is 2.77. The van der Waals surface area contributed by atoms with Crippen molar-refractivity contribution in [2.75, 3.05) is 7.05 Å². The fraction of sp³-hybridized carbons (Fsp3) is 0.308. The molecule has 0 fully saturated rings. The largest absolute Gasteiger partial charge is 0.416 e. The molecule has 2 rings (SSSR count). The van der Waals surface area contributed by atoms with Crippen LogP contribution in [0.4, 0.5) is 13.2 Å². The van der Waals surface area contributed by atoms with Crippen molar-refractivity contribution in [3.05, 3.63) is 53.6 Å². The summed E-state index contributed by atoms with van der Waals surface area (Å²) in [6, 6.07) is 5.19. The number of imidazole rings is 1. The van der Waals surface area contributed by atoms with Crippen LogP contribution in [0.2, 0.25) is 0 Å². The first-order valence-corrected chi connectivity index (χ1v) is 5.81. The molecule has 0 saturated heterocycles. The van der Waals surface area contributed by atoms with E-state index in [4.69, 9.17) is 0 Å². The highest BCUT2D eigenvalue weighted by Crippen LogP contribution is 2.29. The lowest BCUT2D eigenvalue weighted by Gasteiger charge is -2.10. The van der Waals surface area contributed by atoms with Crippen molar-refractivity contribution in [2.24, 2.45) is 0 Å². The SMILES string of the molecule is CNCc1nccn1Cc1ccc(C(F)(F)F)cc1. The van der Waals surface area contributed by atoms with E-state index >= 15 is 0 Å². The van der Waals surface area contributed by atoms with Crippen LogP contribution in [0.25, 0.3) is 0 Å². The molecule has 3 nitrogen and oxygen atoms in total. The minimum Gasteiger partial charge on any atom is -0.329 e. The summed E-state index contributed by atoms with van der Waals surface area (Å²) in [5.74, 6) is 0.849. The molecule has 0 unspecified atom stereocenters. The highest BCUT2D eigenvalue weighted by atomic mass is 19.4. The van der Waals surface area contributed by atoms with Gasteiger partial charge in [0, 0.05) is 18.9 Å². The molecule has 0 amide bonds. The van der Waals surface area contributed by atoms with Gasteiger partial charge in [0.15, 0.2) is 0 Å². The fourth-order valence-electron chi connectivity index (χ4n) is 1.81. The summed E-state index contributed by atoms with van der Waals surface area (Å²) in [7, 11) is 1.82. The molecule has 0 aliphatic rings. The summed E-state index contributed by atoms with van der Waals surface area (Å²) in [6.45, 7) is 1.13. The second-order valence-electron chi connectivity index (χ2n) is 4.20. The maximum absolute atomic E-state index is 12.4. The quantitative estimate of drug-likeness (QED) is 0.924. The van der Waals surface area contributed by atoms with Crippen LogP contribution in [0, 0.1) is 0 Å². The van der Waals surface area contributed by atoms with Gasteiger partial charge in [-0.25, -0.2) is 4.98 Å². The van der Waals surface area contributed by atoms with Gasteiger partial charge >= 0.3 is 6.18 Å². The zero-order chi connectivity index (χ0) is 13.9. The van der Waals surface area contributed by atoms with Gasteiger partial charge in [-0.2, -0.15) is 13.2 Å². The molecule has 0 radical (unpaired) electrons. The Kier molecular flexibility index (Phi) is 3.90. The monoisotopic (exact) mass is 269 g/mol.